The van der Waals surface area contributed by atoms with E-state index in [1.165, 1.54) is 31.2 Å². The third-order valence-electron chi connectivity index (χ3n) is 4.61. The van der Waals surface area contributed by atoms with Gasteiger partial charge in [-0.3, -0.25) is 4.68 Å². The van der Waals surface area contributed by atoms with Crippen LogP contribution in [-0.2, 0) is 20.4 Å². The van der Waals surface area contributed by atoms with Gasteiger partial charge in [-0.05, 0) is 24.3 Å². The van der Waals surface area contributed by atoms with Crippen LogP contribution in [0.25, 0.3) is 0 Å². The number of benzene rings is 1. The molecule has 2 aromatic rings. The SMILES string of the molecule is CN(C)S(=O)(=O)c1cnn(C2(C(=O)O)CC(c3ccccc3)C2)c1. The summed E-state index contributed by atoms with van der Waals surface area (Å²) in [5.41, 5.74) is -0.108. The van der Waals surface area contributed by atoms with Gasteiger partial charge in [0.05, 0.1) is 6.20 Å². The van der Waals surface area contributed by atoms with E-state index in [0.717, 1.165) is 9.87 Å². The standard InChI is InChI=1S/C16H19N3O4S/c1-18(2)24(22,23)14-10-17-19(11-14)16(15(20)21)8-13(9-16)12-6-4-3-5-7-12/h3-7,10-11,13H,8-9H2,1-2H3,(H,20,21). The van der Waals surface area contributed by atoms with E-state index in [4.69, 9.17) is 0 Å². The number of rotatable bonds is 5. The third kappa shape index (κ3) is 2.51. The molecule has 1 aliphatic rings. The van der Waals surface area contributed by atoms with Crippen molar-refractivity contribution in [3.8, 4) is 0 Å². The van der Waals surface area contributed by atoms with Crippen LogP contribution < -0.4 is 0 Å². The number of sulfonamides is 1. The molecule has 0 atom stereocenters. The number of carboxylic acid groups (broad SMARTS) is 1. The van der Waals surface area contributed by atoms with Crippen LogP contribution in [0.3, 0.4) is 0 Å². The molecule has 24 heavy (non-hydrogen) atoms. The summed E-state index contributed by atoms with van der Waals surface area (Å²) < 4.78 is 26.7. The first-order valence-corrected chi connectivity index (χ1v) is 8.97. The zero-order chi connectivity index (χ0) is 17.5. The maximum atomic E-state index is 12.2. The molecule has 0 spiro atoms. The van der Waals surface area contributed by atoms with E-state index >= 15 is 0 Å². The second-order valence-electron chi connectivity index (χ2n) is 6.26. The topological polar surface area (TPSA) is 92.5 Å². The van der Waals surface area contributed by atoms with Crippen molar-refractivity contribution in [2.45, 2.75) is 29.2 Å². The molecule has 3 rings (SSSR count). The number of aliphatic carboxylic acids is 1. The van der Waals surface area contributed by atoms with Crippen LogP contribution in [0.2, 0.25) is 0 Å². The van der Waals surface area contributed by atoms with E-state index in [2.05, 4.69) is 5.10 Å². The van der Waals surface area contributed by atoms with E-state index in [1.807, 2.05) is 30.3 Å². The van der Waals surface area contributed by atoms with Crippen LogP contribution in [-0.4, -0.2) is 47.7 Å². The summed E-state index contributed by atoms with van der Waals surface area (Å²) >= 11 is 0. The summed E-state index contributed by atoms with van der Waals surface area (Å²) in [6.45, 7) is 0. The van der Waals surface area contributed by atoms with E-state index in [-0.39, 0.29) is 10.8 Å². The Balaban J connectivity index is 1.90. The fourth-order valence-corrected chi connectivity index (χ4v) is 3.90. The van der Waals surface area contributed by atoms with Crippen molar-refractivity contribution in [1.82, 2.24) is 14.1 Å². The molecule has 1 heterocycles. The maximum absolute atomic E-state index is 12.2. The molecule has 1 aromatic carbocycles. The summed E-state index contributed by atoms with van der Waals surface area (Å²) in [4.78, 5) is 11.8. The normalized spacial score (nSPS) is 23.9. The van der Waals surface area contributed by atoms with Crippen LogP contribution in [0.5, 0.6) is 0 Å². The second kappa shape index (κ2) is 5.71. The molecule has 0 saturated heterocycles. The summed E-state index contributed by atoms with van der Waals surface area (Å²) in [5.74, 6) is -0.869. The van der Waals surface area contributed by atoms with Crippen molar-refractivity contribution in [2.24, 2.45) is 0 Å². The minimum Gasteiger partial charge on any atom is -0.479 e. The predicted octanol–water partition coefficient (Wildman–Crippen LogP) is 1.49. The average molecular weight is 349 g/mol. The quantitative estimate of drug-likeness (QED) is 0.883. The lowest BCUT2D eigenvalue weighted by atomic mass is 9.65. The minimum atomic E-state index is -3.63. The molecule has 0 radical (unpaired) electrons. The van der Waals surface area contributed by atoms with Gasteiger partial charge in [0.1, 0.15) is 4.90 Å². The summed E-state index contributed by atoms with van der Waals surface area (Å²) in [5, 5.41) is 13.7. The molecular weight excluding hydrogens is 330 g/mol. The molecular formula is C16H19N3O4S. The average Bonchev–Trinajstić information content (AvgIpc) is 2.97. The van der Waals surface area contributed by atoms with Crippen LogP contribution in [0.4, 0.5) is 0 Å². The van der Waals surface area contributed by atoms with Crippen molar-refractivity contribution in [2.75, 3.05) is 14.1 Å². The van der Waals surface area contributed by atoms with Gasteiger partial charge in [0.25, 0.3) is 0 Å². The molecule has 0 aliphatic heterocycles. The maximum Gasteiger partial charge on any atom is 0.331 e. The van der Waals surface area contributed by atoms with Crippen LogP contribution in [0.15, 0.2) is 47.6 Å². The zero-order valence-corrected chi connectivity index (χ0v) is 14.3. The van der Waals surface area contributed by atoms with Gasteiger partial charge in [-0.25, -0.2) is 17.5 Å². The molecule has 1 aromatic heterocycles. The second-order valence-corrected chi connectivity index (χ2v) is 8.41. The van der Waals surface area contributed by atoms with E-state index in [1.54, 1.807) is 0 Å². The molecule has 128 valence electrons. The summed E-state index contributed by atoms with van der Waals surface area (Å²) in [7, 11) is -0.785. The highest BCUT2D eigenvalue weighted by atomic mass is 32.2. The molecule has 7 nitrogen and oxygen atoms in total. The van der Waals surface area contributed by atoms with E-state index in [0.29, 0.717) is 12.8 Å². The Morgan fingerprint density at radius 3 is 2.46 bits per heavy atom. The van der Waals surface area contributed by atoms with Crippen molar-refractivity contribution in [1.29, 1.82) is 0 Å². The number of carbonyl (C=O) groups is 1. The summed E-state index contributed by atoms with van der Waals surface area (Å²) in [6, 6.07) is 9.71. The van der Waals surface area contributed by atoms with Crippen LogP contribution in [0, 0.1) is 0 Å². The number of aromatic nitrogens is 2. The molecule has 0 amide bonds. The molecule has 1 aliphatic carbocycles. The Labute approximate surface area is 140 Å². The molecule has 1 fully saturated rings. The lowest BCUT2D eigenvalue weighted by Crippen LogP contribution is -2.51. The number of hydrogen-bond donors (Lipinski definition) is 1. The Hall–Kier alpha value is -2.19. The Morgan fingerprint density at radius 2 is 1.92 bits per heavy atom. The largest absolute Gasteiger partial charge is 0.479 e. The van der Waals surface area contributed by atoms with Crippen LogP contribution in [0.1, 0.15) is 24.3 Å². The van der Waals surface area contributed by atoms with Crippen molar-refractivity contribution in [3.63, 3.8) is 0 Å². The Bertz CT molecular complexity index is 852. The number of carboxylic acids is 1. The monoisotopic (exact) mass is 349 g/mol. The highest BCUT2D eigenvalue weighted by Gasteiger charge is 2.53. The lowest BCUT2D eigenvalue weighted by Gasteiger charge is -2.44. The first-order chi connectivity index (χ1) is 11.3. The van der Waals surface area contributed by atoms with Gasteiger partial charge in [-0.2, -0.15) is 5.10 Å². The number of nitrogens with zero attached hydrogens (tertiary/aromatic N) is 3. The third-order valence-corrected chi connectivity index (χ3v) is 6.38. The van der Waals surface area contributed by atoms with E-state index in [9.17, 15) is 18.3 Å². The highest BCUT2D eigenvalue weighted by molar-refractivity contribution is 7.89. The van der Waals surface area contributed by atoms with Crippen molar-refractivity contribution >= 4 is 16.0 Å². The van der Waals surface area contributed by atoms with Crippen molar-refractivity contribution < 1.29 is 18.3 Å². The van der Waals surface area contributed by atoms with Gasteiger partial charge in [-0.15, -0.1) is 0 Å². The summed E-state index contributed by atoms with van der Waals surface area (Å²) in [6.07, 6.45) is 3.28. The molecule has 0 bridgehead atoms. The van der Waals surface area contributed by atoms with Gasteiger partial charge in [-0.1, -0.05) is 30.3 Å². The fraction of sp³-hybridized carbons (Fsp3) is 0.375. The zero-order valence-electron chi connectivity index (χ0n) is 13.5. The minimum absolute atomic E-state index is 0.00344. The van der Waals surface area contributed by atoms with E-state index < -0.39 is 21.5 Å². The Morgan fingerprint density at radius 1 is 1.29 bits per heavy atom. The van der Waals surface area contributed by atoms with Gasteiger partial charge in [0.15, 0.2) is 5.54 Å². The smallest absolute Gasteiger partial charge is 0.331 e. The first kappa shape index (κ1) is 16.7. The lowest BCUT2D eigenvalue weighted by molar-refractivity contribution is -0.154. The molecule has 1 N–H and O–H groups in total. The fourth-order valence-electron chi connectivity index (χ4n) is 3.06. The van der Waals surface area contributed by atoms with Gasteiger partial charge in [0.2, 0.25) is 10.0 Å². The van der Waals surface area contributed by atoms with Gasteiger partial charge in [0, 0.05) is 20.3 Å². The molecule has 1 saturated carbocycles. The first-order valence-electron chi connectivity index (χ1n) is 7.53. The van der Waals surface area contributed by atoms with Crippen molar-refractivity contribution in [3.05, 3.63) is 48.3 Å². The highest BCUT2D eigenvalue weighted by Crippen LogP contribution is 2.49. The predicted molar refractivity (Wildman–Crippen MR) is 87.1 cm³/mol. The molecule has 8 heteroatoms. The van der Waals surface area contributed by atoms with Crippen LogP contribution >= 0.6 is 0 Å². The van der Waals surface area contributed by atoms with Gasteiger partial charge >= 0.3 is 5.97 Å². The number of hydrogen-bond acceptors (Lipinski definition) is 4. The van der Waals surface area contributed by atoms with Gasteiger partial charge < -0.3 is 5.11 Å². The Kier molecular flexibility index (Phi) is 3.97. The molecule has 0 unspecified atom stereocenters.